The predicted molar refractivity (Wildman–Crippen MR) is 95.4 cm³/mol. The topological polar surface area (TPSA) is 12.5 Å². The van der Waals surface area contributed by atoms with E-state index in [2.05, 4.69) is 60.7 Å². The lowest BCUT2D eigenvalue weighted by molar-refractivity contribution is 0.208. The Morgan fingerprint density at radius 3 is 2.29 bits per heavy atom. The number of benzene rings is 1. The third-order valence-electron chi connectivity index (χ3n) is 3.85. The summed E-state index contributed by atoms with van der Waals surface area (Å²) in [5.74, 6) is 0.961. The van der Waals surface area contributed by atoms with Crippen LogP contribution >= 0.6 is 15.9 Å². The number of aryl methyl sites for hydroxylation is 1. The first-order valence-electron chi connectivity index (χ1n) is 8.19. The molecule has 1 rings (SSSR count). The van der Waals surface area contributed by atoms with Gasteiger partial charge >= 0.3 is 0 Å². The summed E-state index contributed by atoms with van der Waals surface area (Å²) in [6.07, 6.45) is 3.51. The van der Waals surface area contributed by atoms with Gasteiger partial charge in [0.1, 0.15) is 5.75 Å². The Morgan fingerprint density at radius 1 is 1.14 bits per heavy atom. The van der Waals surface area contributed by atoms with Gasteiger partial charge in [0, 0.05) is 6.04 Å². The summed E-state index contributed by atoms with van der Waals surface area (Å²) >= 11 is 3.59. The quantitative estimate of drug-likeness (QED) is 0.602. The molecule has 0 fully saturated rings. The molecule has 0 saturated heterocycles. The van der Waals surface area contributed by atoms with E-state index in [1.54, 1.807) is 0 Å². The van der Waals surface area contributed by atoms with Crippen LogP contribution in [0, 0.1) is 6.92 Å². The standard InChI is InChI=1S/C18H30BrNO/c1-6-9-20(10-7-2)15(5)12-16-13-18(21-8-3)17(19)11-14(16)4/h11,13,15H,6-10,12H2,1-5H3. The second-order valence-electron chi connectivity index (χ2n) is 5.73. The summed E-state index contributed by atoms with van der Waals surface area (Å²) in [5, 5.41) is 0. The number of halogens is 1. The second kappa shape index (κ2) is 9.47. The van der Waals surface area contributed by atoms with Gasteiger partial charge in [-0.1, -0.05) is 13.8 Å². The molecule has 0 bridgehead atoms. The Kier molecular flexibility index (Phi) is 8.35. The molecule has 1 atom stereocenters. The van der Waals surface area contributed by atoms with E-state index in [-0.39, 0.29) is 0 Å². The van der Waals surface area contributed by atoms with E-state index < -0.39 is 0 Å². The van der Waals surface area contributed by atoms with Crippen molar-refractivity contribution in [1.82, 2.24) is 4.90 Å². The van der Waals surface area contributed by atoms with Crippen LogP contribution in [0.4, 0.5) is 0 Å². The van der Waals surface area contributed by atoms with Gasteiger partial charge in [0.05, 0.1) is 11.1 Å². The van der Waals surface area contributed by atoms with Gasteiger partial charge < -0.3 is 9.64 Å². The fourth-order valence-corrected chi connectivity index (χ4v) is 3.33. The summed E-state index contributed by atoms with van der Waals surface area (Å²) in [5.41, 5.74) is 2.73. The molecule has 21 heavy (non-hydrogen) atoms. The van der Waals surface area contributed by atoms with Crippen LogP contribution in [0.15, 0.2) is 16.6 Å². The zero-order valence-electron chi connectivity index (χ0n) is 14.2. The fourth-order valence-electron chi connectivity index (χ4n) is 2.76. The first kappa shape index (κ1) is 18.5. The van der Waals surface area contributed by atoms with Crippen molar-refractivity contribution >= 4 is 15.9 Å². The summed E-state index contributed by atoms with van der Waals surface area (Å²) < 4.78 is 6.76. The third-order valence-corrected chi connectivity index (χ3v) is 4.47. The third kappa shape index (κ3) is 5.63. The zero-order valence-corrected chi connectivity index (χ0v) is 15.8. The van der Waals surface area contributed by atoms with Gasteiger partial charge in [-0.05, 0) is 92.3 Å². The lowest BCUT2D eigenvalue weighted by Gasteiger charge is -2.29. The van der Waals surface area contributed by atoms with E-state index in [0.717, 1.165) is 16.6 Å². The van der Waals surface area contributed by atoms with Crippen LogP contribution < -0.4 is 4.74 Å². The molecule has 0 spiro atoms. The number of nitrogens with zero attached hydrogens (tertiary/aromatic N) is 1. The van der Waals surface area contributed by atoms with E-state index in [0.29, 0.717) is 12.6 Å². The van der Waals surface area contributed by atoms with Gasteiger partial charge in [-0.25, -0.2) is 0 Å². The Balaban J connectivity index is 2.87. The van der Waals surface area contributed by atoms with Crippen molar-refractivity contribution < 1.29 is 4.74 Å². The Morgan fingerprint density at radius 2 is 1.76 bits per heavy atom. The number of ether oxygens (including phenoxy) is 1. The molecule has 1 unspecified atom stereocenters. The van der Waals surface area contributed by atoms with Gasteiger partial charge in [0.25, 0.3) is 0 Å². The van der Waals surface area contributed by atoms with Crippen LogP contribution in [-0.2, 0) is 6.42 Å². The summed E-state index contributed by atoms with van der Waals surface area (Å²) in [7, 11) is 0. The number of rotatable bonds is 9. The van der Waals surface area contributed by atoms with E-state index in [1.807, 2.05) is 6.92 Å². The van der Waals surface area contributed by atoms with Crippen LogP contribution in [0.5, 0.6) is 5.75 Å². The molecule has 2 nitrogen and oxygen atoms in total. The number of hydrogen-bond acceptors (Lipinski definition) is 2. The molecule has 0 aliphatic heterocycles. The highest BCUT2D eigenvalue weighted by atomic mass is 79.9. The molecule has 0 radical (unpaired) electrons. The minimum absolute atomic E-state index is 0.569. The molecular weight excluding hydrogens is 326 g/mol. The highest BCUT2D eigenvalue weighted by molar-refractivity contribution is 9.10. The Bertz CT molecular complexity index is 427. The van der Waals surface area contributed by atoms with Crippen LogP contribution in [0.25, 0.3) is 0 Å². The van der Waals surface area contributed by atoms with Crippen molar-refractivity contribution in [3.63, 3.8) is 0 Å². The summed E-state index contributed by atoms with van der Waals surface area (Å²) in [6, 6.07) is 4.95. The smallest absolute Gasteiger partial charge is 0.133 e. The first-order valence-corrected chi connectivity index (χ1v) is 8.98. The maximum Gasteiger partial charge on any atom is 0.133 e. The molecule has 0 amide bonds. The SMILES string of the molecule is CCCN(CCC)C(C)Cc1cc(OCC)c(Br)cc1C. The van der Waals surface area contributed by atoms with Gasteiger partial charge in [-0.2, -0.15) is 0 Å². The maximum atomic E-state index is 5.71. The van der Waals surface area contributed by atoms with Crippen LogP contribution in [0.3, 0.4) is 0 Å². The van der Waals surface area contributed by atoms with E-state index in [9.17, 15) is 0 Å². The predicted octanol–water partition coefficient (Wildman–Crippen LogP) is 5.21. The maximum absolute atomic E-state index is 5.71. The normalized spacial score (nSPS) is 12.7. The van der Waals surface area contributed by atoms with Gasteiger partial charge in [-0.15, -0.1) is 0 Å². The van der Waals surface area contributed by atoms with Crippen LogP contribution in [0.2, 0.25) is 0 Å². The molecule has 0 saturated carbocycles. The highest BCUT2D eigenvalue weighted by Crippen LogP contribution is 2.29. The molecule has 0 heterocycles. The minimum atomic E-state index is 0.569. The fraction of sp³-hybridized carbons (Fsp3) is 0.667. The molecule has 0 N–H and O–H groups in total. The van der Waals surface area contributed by atoms with E-state index in [1.165, 1.54) is 37.1 Å². The molecular formula is C18H30BrNO. The highest BCUT2D eigenvalue weighted by Gasteiger charge is 2.15. The van der Waals surface area contributed by atoms with E-state index in [4.69, 9.17) is 4.74 Å². The lowest BCUT2D eigenvalue weighted by Crippen LogP contribution is -2.36. The largest absolute Gasteiger partial charge is 0.493 e. The van der Waals surface area contributed by atoms with E-state index >= 15 is 0 Å². The summed E-state index contributed by atoms with van der Waals surface area (Å²) in [4.78, 5) is 2.60. The Hall–Kier alpha value is -0.540. The van der Waals surface area contributed by atoms with Crippen molar-refractivity contribution in [2.45, 2.75) is 59.9 Å². The molecule has 1 aromatic carbocycles. The molecule has 0 aliphatic rings. The molecule has 0 aromatic heterocycles. The van der Waals surface area contributed by atoms with Crippen molar-refractivity contribution in [2.75, 3.05) is 19.7 Å². The van der Waals surface area contributed by atoms with Gasteiger partial charge in [0.15, 0.2) is 0 Å². The van der Waals surface area contributed by atoms with Crippen molar-refractivity contribution in [3.8, 4) is 5.75 Å². The van der Waals surface area contributed by atoms with Crippen LogP contribution in [-0.4, -0.2) is 30.6 Å². The molecule has 3 heteroatoms. The Labute approximate surface area is 139 Å². The summed E-state index contributed by atoms with van der Waals surface area (Å²) in [6.45, 7) is 14.1. The number of hydrogen-bond donors (Lipinski definition) is 0. The average Bonchev–Trinajstić information content (AvgIpc) is 2.44. The lowest BCUT2D eigenvalue weighted by atomic mass is 10.0. The van der Waals surface area contributed by atoms with Crippen LogP contribution in [0.1, 0.15) is 51.7 Å². The van der Waals surface area contributed by atoms with Gasteiger partial charge in [0.2, 0.25) is 0 Å². The van der Waals surface area contributed by atoms with Crippen molar-refractivity contribution in [1.29, 1.82) is 0 Å². The second-order valence-corrected chi connectivity index (χ2v) is 6.59. The minimum Gasteiger partial charge on any atom is -0.493 e. The zero-order chi connectivity index (χ0) is 15.8. The first-order chi connectivity index (χ1) is 10.0. The van der Waals surface area contributed by atoms with Gasteiger partial charge in [-0.3, -0.25) is 0 Å². The average molecular weight is 356 g/mol. The molecule has 120 valence electrons. The van der Waals surface area contributed by atoms with Crippen molar-refractivity contribution in [2.24, 2.45) is 0 Å². The molecule has 0 aliphatic carbocycles. The monoisotopic (exact) mass is 355 g/mol. The molecule has 1 aromatic rings. The van der Waals surface area contributed by atoms with Crippen molar-refractivity contribution in [3.05, 3.63) is 27.7 Å².